The summed E-state index contributed by atoms with van der Waals surface area (Å²) in [6.45, 7) is 3.46. The van der Waals surface area contributed by atoms with E-state index in [1.807, 2.05) is 13.8 Å². The molecule has 138 valence electrons. The van der Waals surface area contributed by atoms with Gasteiger partial charge in [0.2, 0.25) is 5.91 Å². The van der Waals surface area contributed by atoms with Gasteiger partial charge in [0.1, 0.15) is 29.3 Å². The molecule has 0 unspecified atom stereocenters. The number of rotatable bonds is 3. The normalized spacial score (nSPS) is 11.4. The number of aryl methyl sites for hydroxylation is 2. The van der Waals surface area contributed by atoms with Gasteiger partial charge in [-0.25, -0.2) is 27.6 Å². The molecule has 0 spiro atoms. The summed E-state index contributed by atoms with van der Waals surface area (Å²) in [6.07, 6.45) is 1.37. The highest BCUT2D eigenvalue weighted by atomic mass is 32.1. The number of nitrogens with zero attached hydrogens (tertiary/aromatic N) is 4. The SMILES string of the molecule is Cc1sc2ncn3c(=O)n(CC(=O)Nc4ccc(F)cc4F)nc3c2c1C. The third-order valence-electron chi connectivity index (χ3n) is 4.25. The molecule has 0 fully saturated rings. The second kappa shape index (κ2) is 6.23. The molecule has 1 amide bonds. The lowest BCUT2D eigenvalue weighted by Crippen LogP contribution is -2.28. The van der Waals surface area contributed by atoms with E-state index in [0.717, 1.165) is 37.5 Å². The van der Waals surface area contributed by atoms with Crippen molar-refractivity contribution < 1.29 is 13.6 Å². The average Bonchev–Trinajstić information content (AvgIpc) is 3.08. The molecule has 0 saturated carbocycles. The summed E-state index contributed by atoms with van der Waals surface area (Å²) in [6, 6.07) is 2.80. The first-order valence-corrected chi connectivity index (χ1v) is 8.75. The molecule has 1 N–H and O–H groups in total. The standard InChI is InChI=1S/C17H13F2N5O2S/c1-8-9(2)27-16-14(8)15-22-24(17(26)23(15)7-20-16)6-13(25)21-12-4-3-10(18)5-11(12)19/h3-5,7H,6H2,1-2H3,(H,21,25). The number of nitrogens with one attached hydrogen (secondary N) is 1. The van der Waals surface area contributed by atoms with E-state index in [1.165, 1.54) is 22.1 Å². The van der Waals surface area contributed by atoms with E-state index in [4.69, 9.17) is 0 Å². The van der Waals surface area contributed by atoms with Crippen molar-refractivity contribution in [3.05, 3.63) is 57.1 Å². The molecule has 0 atom stereocenters. The highest BCUT2D eigenvalue weighted by Crippen LogP contribution is 2.30. The first-order valence-electron chi connectivity index (χ1n) is 7.94. The number of halogens is 2. The van der Waals surface area contributed by atoms with Gasteiger partial charge in [-0.1, -0.05) is 0 Å². The Morgan fingerprint density at radius 2 is 2.07 bits per heavy atom. The Balaban J connectivity index is 1.69. The molecule has 3 heterocycles. The van der Waals surface area contributed by atoms with Gasteiger partial charge in [0.15, 0.2) is 5.65 Å². The molecule has 3 aromatic heterocycles. The number of carbonyl (C=O) groups excluding carboxylic acids is 1. The predicted octanol–water partition coefficient (Wildman–Crippen LogP) is 2.64. The molecule has 0 bridgehead atoms. The minimum absolute atomic E-state index is 0.174. The molecular formula is C17H13F2N5O2S. The zero-order valence-electron chi connectivity index (χ0n) is 14.3. The lowest BCUT2D eigenvalue weighted by molar-refractivity contribution is -0.117. The Morgan fingerprint density at radius 3 is 2.81 bits per heavy atom. The highest BCUT2D eigenvalue weighted by Gasteiger charge is 2.17. The Morgan fingerprint density at radius 1 is 1.30 bits per heavy atom. The average molecular weight is 389 g/mol. The number of anilines is 1. The fraction of sp³-hybridized carbons (Fsp3) is 0.176. The predicted molar refractivity (Wildman–Crippen MR) is 97.1 cm³/mol. The minimum Gasteiger partial charge on any atom is -0.322 e. The number of thiophene rings is 1. The van der Waals surface area contributed by atoms with Gasteiger partial charge in [-0.15, -0.1) is 16.4 Å². The number of carbonyl (C=O) groups is 1. The Hall–Kier alpha value is -3.14. The zero-order valence-corrected chi connectivity index (χ0v) is 15.1. The van der Waals surface area contributed by atoms with E-state index in [0.29, 0.717) is 11.7 Å². The van der Waals surface area contributed by atoms with Gasteiger partial charge in [0.05, 0.1) is 11.1 Å². The summed E-state index contributed by atoms with van der Waals surface area (Å²) >= 11 is 1.50. The monoisotopic (exact) mass is 389 g/mol. The van der Waals surface area contributed by atoms with Gasteiger partial charge < -0.3 is 5.32 Å². The lowest BCUT2D eigenvalue weighted by atomic mass is 10.2. The molecule has 0 aliphatic heterocycles. The molecule has 0 saturated heterocycles. The van der Waals surface area contributed by atoms with Crippen LogP contribution in [-0.2, 0) is 11.3 Å². The van der Waals surface area contributed by atoms with Crippen LogP contribution < -0.4 is 11.0 Å². The molecule has 27 heavy (non-hydrogen) atoms. The maximum absolute atomic E-state index is 13.7. The van der Waals surface area contributed by atoms with Crippen LogP contribution in [0.5, 0.6) is 0 Å². The first-order chi connectivity index (χ1) is 12.8. The zero-order chi connectivity index (χ0) is 19.3. The summed E-state index contributed by atoms with van der Waals surface area (Å²) in [7, 11) is 0. The van der Waals surface area contributed by atoms with Crippen LogP contribution in [0.25, 0.3) is 15.9 Å². The van der Waals surface area contributed by atoms with E-state index in [2.05, 4.69) is 15.4 Å². The largest absolute Gasteiger partial charge is 0.352 e. The summed E-state index contributed by atoms with van der Waals surface area (Å²) in [5, 5.41) is 7.32. The quantitative estimate of drug-likeness (QED) is 0.584. The molecule has 4 aromatic rings. The molecular weight excluding hydrogens is 376 g/mol. The maximum Gasteiger partial charge on any atom is 0.352 e. The highest BCUT2D eigenvalue weighted by molar-refractivity contribution is 7.18. The van der Waals surface area contributed by atoms with E-state index in [-0.39, 0.29) is 5.69 Å². The van der Waals surface area contributed by atoms with Crippen LogP contribution in [0.4, 0.5) is 14.5 Å². The van der Waals surface area contributed by atoms with Gasteiger partial charge in [-0.2, -0.15) is 0 Å². The van der Waals surface area contributed by atoms with Gasteiger partial charge in [-0.05, 0) is 31.5 Å². The van der Waals surface area contributed by atoms with E-state index in [1.54, 1.807) is 0 Å². The smallest absolute Gasteiger partial charge is 0.322 e. The molecule has 0 aliphatic rings. The summed E-state index contributed by atoms with van der Waals surface area (Å²) < 4.78 is 28.9. The van der Waals surface area contributed by atoms with E-state index in [9.17, 15) is 18.4 Å². The Labute approximate surface area is 154 Å². The summed E-state index contributed by atoms with van der Waals surface area (Å²) in [4.78, 5) is 30.8. The summed E-state index contributed by atoms with van der Waals surface area (Å²) in [5.41, 5.74) is 0.680. The second-order valence-corrected chi connectivity index (χ2v) is 7.22. The van der Waals surface area contributed by atoms with Gasteiger partial charge in [0.25, 0.3) is 0 Å². The van der Waals surface area contributed by atoms with Gasteiger partial charge in [-0.3, -0.25) is 4.79 Å². The van der Waals surface area contributed by atoms with Crippen LogP contribution in [0.3, 0.4) is 0 Å². The minimum atomic E-state index is -0.902. The van der Waals surface area contributed by atoms with Crippen LogP contribution in [0, 0.1) is 25.5 Å². The molecule has 7 nitrogen and oxygen atoms in total. The van der Waals surface area contributed by atoms with Crippen molar-refractivity contribution in [3.8, 4) is 0 Å². The van der Waals surface area contributed by atoms with Crippen molar-refractivity contribution in [2.24, 2.45) is 0 Å². The molecule has 1 aromatic carbocycles. The van der Waals surface area contributed by atoms with Crippen molar-refractivity contribution in [2.75, 3.05) is 5.32 Å². The third kappa shape index (κ3) is 2.87. The fourth-order valence-corrected chi connectivity index (χ4v) is 3.78. The van der Waals surface area contributed by atoms with Gasteiger partial charge in [0, 0.05) is 10.9 Å². The molecule has 4 rings (SSSR count). The van der Waals surface area contributed by atoms with Crippen LogP contribution in [0.2, 0.25) is 0 Å². The maximum atomic E-state index is 13.7. The molecule has 10 heteroatoms. The van der Waals surface area contributed by atoms with Crippen molar-refractivity contribution in [1.82, 2.24) is 19.2 Å². The number of fused-ring (bicyclic) bond motifs is 3. The molecule has 0 aliphatic carbocycles. The van der Waals surface area contributed by atoms with Crippen molar-refractivity contribution in [2.45, 2.75) is 20.4 Å². The van der Waals surface area contributed by atoms with E-state index < -0.39 is 29.8 Å². The van der Waals surface area contributed by atoms with Crippen molar-refractivity contribution in [3.63, 3.8) is 0 Å². The van der Waals surface area contributed by atoms with Crippen LogP contribution >= 0.6 is 11.3 Å². The first kappa shape index (κ1) is 17.3. The Kier molecular flexibility index (Phi) is 3.99. The van der Waals surface area contributed by atoms with Crippen molar-refractivity contribution in [1.29, 1.82) is 0 Å². The fourth-order valence-electron chi connectivity index (χ4n) is 2.79. The lowest BCUT2D eigenvalue weighted by Gasteiger charge is -2.05. The van der Waals surface area contributed by atoms with Crippen LogP contribution in [0.1, 0.15) is 10.4 Å². The number of amides is 1. The number of hydrogen-bond acceptors (Lipinski definition) is 5. The number of benzene rings is 1. The van der Waals surface area contributed by atoms with E-state index >= 15 is 0 Å². The van der Waals surface area contributed by atoms with Gasteiger partial charge >= 0.3 is 5.69 Å². The molecule has 0 radical (unpaired) electrons. The third-order valence-corrected chi connectivity index (χ3v) is 5.37. The number of hydrogen-bond donors (Lipinski definition) is 1. The number of aromatic nitrogens is 4. The van der Waals surface area contributed by atoms with Crippen LogP contribution in [-0.4, -0.2) is 25.1 Å². The Bertz CT molecular complexity index is 1270. The van der Waals surface area contributed by atoms with Crippen molar-refractivity contribution >= 4 is 38.8 Å². The van der Waals surface area contributed by atoms with Crippen LogP contribution in [0.15, 0.2) is 29.3 Å². The second-order valence-electron chi connectivity index (χ2n) is 6.01. The topological polar surface area (TPSA) is 81.3 Å². The summed E-state index contributed by atoms with van der Waals surface area (Å²) in [5.74, 6) is -2.31.